The summed E-state index contributed by atoms with van der Waals surface area (Å²) in [5, 5.41) is 4.10. The quantitative estimate of drug-likeness (QED) is 0.907. The number of fused-ring (bicyclic) bond motifs is 3. The van der Waals surface area contributed by atoms with Crippen LogP contribution < -0.4 is 5.32 Å². The van der Waals surface area contributed by atoms with Gasteiger partial charge in [-0.1, -0.05) is 17.7 Å². The Morgan fingerprint density at radius 3 is 2.72 bits per heavy atom. The third kappa shape index (κ3) is 2.53. The standard InChI is InChI=1S/C14H18ClFN2/c15-13-7-12(16)2-1-11(13)8-17-14-9-18-5-3-10(14)4-6-18/h1-2,7,10,14,17H,3-6,8-9H2. The minimum absolute atomic E-state index is 0.272. The van der Waals surface area contributed by atoms with Gasteiger partial charge in [0.15, 0.2) is 0 Å². The average Bonchev–Trinajstić information content (AvgIpc) is 2.39. The Hall–Kier alpha value is -0.640. The van der Waals surface area contributed by atoms with Crippen molar-refractivity contribution in [2.75, 3.05) is 19.6 Å². The van der Waals surface area contributed by atoms with Crippen molar-refractivity contribution in [3.63, 3.8) is 0 Å². The fourth-order valence-corrected chi connectivity index (χ4v) is 3.34. The molecule has 1 aromatic carbocycles. The second kappa shape index (κ2) is 5.16. The van der Waals surface area contributed by atoms with Gasteiger partial charge in [0.05, 0.1) is 0 Å². The van der Waals surface area contributed by atoms with Crippen LogP contribution in [0.25, 0.3) is 0 Å². The zero-order valence-electron chi connectivity index (χ0n) is 10.3. The first kappa shape index (κ1) is 12.4. The lowest BCUT2D eigenvalue weighted by molar-refractivity contribution is 0.0720. The second-order valence-electron chi connectivity index (χ2n) is 5.36. The van der Waals surface area contributed by atoms with Gasteiger partial charge >= 0.3 is 0 Å². The number of nitrogens with zero attached hydrogens (tertiary/aromatic N) is 1. The van der Waals surface area contributed by atoms with Crippen molar-refractivity contribution in [2.45, 2.75) is 25.4 Å². The number of hydrogen-bond acceptors (Lipinski definition) is 2. The minimum atomic E-state index is -0.272. The van der Waals surface area contributed by atoms with Crippen LogP contribution in [0.2, 0.25) is 5.02 Å². The molecule has 4 rings (SSSR count). The number of benzene rings is 1. The van der Waals surface area contributed by atoms with E-state index in [0.717, 1.165) is 24.6 Å². The maximum Gasteiger partial charge on any atom is 0.124 e. The van der Waals surface area contributed by atoms with E-state index in [1.807, 2.05) is 0 Å². The average molecular weight is 269 g/mol. The Kier molecular flexibility index (Phi) is 3.55. The Morgan fingerprint density at radius 2 is 2.11 bits per heavy atom. The zero-order chi connectivity index (χ0) is 12.5. The predicted molar refractivity (Wildman–Crippen MR) is 71.2 cm³/mol. The molecule has 1 N–H and O–H groups in total. The largest absolute Gasteiger partial charge is 0.308 e. The summed E-state index contributed by atoms with van der Waals surface area (Å²) in [6.45, 7) is 4.37. The van der Waals surface area contributed by atoms with Crippen molar-refractivity contribution >= 4 is 11.6 Å². The Bertz CT molecular complexity index is 430. The summed E-state index contributed by atoms with van der Waals surface area (Å²) in [6.07, 6.45) is 2.60. The molecular weight excluding hydrogens is 251 g/mol. The lowest BCUT2D eigenvalue weighted by atomic mass is 9.84. The van der Waals surface area contributed by atoms with E-state index < -0.39 is 0 Å². The Balaban J connectivity index is 1.61. The molecule has 98 valence electrons. The van der Waals surface area contributed by atoms with Crippen LogP contribution in [0.4, 0.5) is 4.39 Å². The summed E-state index contributed by atoms with van der Waals surface area (Å²) in [4.78, 5) is 2.52. The molecule has 1 aromatic rings. The molecule has 1 unspecified atom stereocenters. The summed E-state index contributed by atoms with van der Waals surface area (Å²) < 4.78 is 13.0. The van der Waals surface area contributed by atoms with Gasteiger partial charge in [0, 0.05) is 24.2 Å². The number of halogens is 2. The highest BCUT2D eigenvalue weighted by atomic mass is 35.5. The molecule has 3 saturated heterocycles. The van der Waals surface area contributed by atoms with E-state index in [0.29, 0.717) is 11.1 Å². The molecule has 4 heteroatoms. The first-order chi connectivity index (χ1) is 8.72. The number of nitrogens with one attached hydrogen (secondary N) is 1. The highest BCUT2D eigenvalue weighted by molar-refractivity contribution is 6.31. The molecule has 0 aromatic heterocycles. The normalized spacial score (nSPS) is 30.7. The van der Waals surface area contributed by atoms with Gasteiger partial charge in [-0.05, 0) is 49.5 Å². The van der Waals surface area contributed by atoms with E-state index in [1.165, 1.54) is 38.1 Å². The minimum Gasteiger partial charge on any atom is -0.308 e. The molecule has 3 fully saturated rings. The van der Waals surface area contributed by atoms with Gasteiger partial charge in [0.25, 0.3) is 0 Å². The Labute approximate surface area is 112 Å². The summed E-state index contributed by atoms with van der Waals surface area (Å²) >= 11 is 6.04. The molecular formula is C14H18ClFN2. The van der Waals surface area contributed by atoms with Gasteiger partial charge in [0.1, 0.15) is 5.82 Å². The van der Waals surface area contributed by atoms with Crippen molar-refractivity contribution in [2.24, 2.45) is 5.92 Å². The van der Waals surface area contributed by atoms with Gasteiger partial charge in [0.2, 0.25) is 0 Å². The second-order valence-corrected chi connectivity index (χ2v) is 5.77. The van der Waals surface area contributed by atoms with Crippen LogP contribution in [0.3, 0.4) is 0 Å². The lowest BCUT2D eigenvalue weighted by Crippen LogP contribution is -2.55. The maximum absolute atomic E-state index is 13.0. The molecule has 3 heterocycles. The highest BCUT2D eigenvalue weighted by Gasteiger charge is 2.33. The molecule has 0 saturated carbocycles. The maximum atomic E-state index is 13.0. The SMILES string of the molecule is Fc1ccc(CNC2CN3CCC2CC3)c(Cl)c1. The third-order valence-electron chi connectivity index (χ3n) is 4.23. The van der Waals surface area contributed by atoms with E-state index in [4.69, 9.17) is 11.6 Å². The molecule has 1 atom stereocenters. The van der Waals surface area contributed by atoms with Crippen LogP contribution >= 0.6 is 11.6 Å². The van der Waals surface area contributed by atoms with E-state index in [-0.39, 0.29) is 5.82 Å². The van der Waals surface area contributed by atoms with E-state index in [2.05, 4.69) is 10.2 Å². The summed E-state index contributed by atoms with van der Waals surface area (Å²) in [7, 11) is 0. The van der Waals surface area contributed by atoms with Crippen molar-refractivity contribution in [1.29, 1.82) is 0 Å². The fourth-order valence-electron chi connectivity index (χ4n) is 3.10. The molecule has 0 spiro atoms. The van der Waals surface area contributed by atoms with Gasteiger partial charge in [-0.25, -0.2) is 4.39 Å². The van der Waals surface area contributed by atoms with E-state index in [1.54, 1.807) is 6.07 Å². The Morgan fingerprint density at radius 1 is 1.33 bits per heavy atom. The number of piperidine rings is 3. The predicted octanol–water partition coefficient (Wildman–Crippen LogP) is 2.66. The summed E-state index contributed by atoms with van der Waals surface area (Å²) in [5.41, 5.74) is 0.981. The third-order valence-corrected chi connectivity index (χ3v) is 4.58. The first-order valence-electron chi connectivity index (χ1n) is 6.62. The smallest absolute Gasteiger partial charge is 0.124 e. The van der Waals surface area contributed by atoms with E-state index >= 15 is 0 Å². The van der Waals surface area contributed by atoms with Crippen LogP contribution in [-0.4, -0.2) is 30.6 Å². The van der Waals surface area contributed by atoms with Crippen molar-refractivity contribution in [3.8, 4) is 0 Å². The highest BCUT2D eigenvalue weighted by Crippen LogP contribution is 2.28. The zero-order valence-corrected chi connectivity index (χ0v) is 11.1. The summed E-state index contributed by atoms with van der Waals surface area (Å²) in [6, 6.07) is 5.19. The first-order valence-corrected chi connectivity index (χ1v) is 7.00. The molecule has 3 aliphatic heterocycles. The monoisotopic (exact) mass is 268 g/mol. The van der Waals surface area contributed by atoms with Crippen molar-refractivity contribution in [3.05, 3.63) is 34.6 Å². The van der Waals surface area contributed by atoms with Gasteiger partial charge in [-0.2, -0.15) is 0 Å². The van der Waals surface area contributed by atoms with Gasteiger partial charge < -0.3 is 10.2 Å². The van der Waals surface area contributed by atoms with Gasteiger partial charge in [-0.15, -0.1) is 0 Å². The molecule has 3 aliphatic rings. The van der Waals surface area contributed by atoms with Gasteiger partial charge in [-0.3, -0.25) is 0 Å². The topological polar surface area (TPSA) is 15.3 Å². The van der Waals surface area contributed by atoms with Crippen LogP contribution in [-0.2, 0) is 6.54 Å². The van der Waals surface area contributed by atoms with Crippen molar-refractivity contribution in [1.82, 2.24) is 10.2 Å². The van der Waals surface area contributed by atoms with Crippen LogP contribution in [0.15, 0.2) is 18.2 Å². The molecule has 0 amide bonds. The molecule has 2 bridgehead atoms. The molecule has 18 heavy (non-hydrogen) atoms. The molecule has 0 radical (unpaired) electrons. The van der Waals surface area contributed by atoms with Crippen LogP contribution in [0, 0.1) is 11.7 Å². The number of hydrogen-bond donors (Lipinski definition) is 1. The molecule has 0 aliphatic carbocycles. The summed E-state index contributed by atoms with van der Waals surface area (Å²) in [5.74, 6) is 0.529. The van der Waals surface area contributed by atoms with Crippen LogP contribution in [0.1, 0.15) is 18.4 Å². The van der Waals surface area contributed by atoms with Crippen LogP contribution in [0.5, 0.6) is 0 Å². The molecule has 2 nitrogen and oxygen atoms in total. The number of rotatable bonds is 3. The fraction of sp³-hybridized carbons (Fsp3) is 0.571. The van der Waals surface area contributed by atoms with Crippen molar-refractivity contribution < 1.29 is 4.39 Å². The van der Waals surface area contributed by atoms with E-state index in [9.17, 15) is 4.39 Å². The lowest BCUT2D eigenvalue weighted by Gasteiger charge is -2.45.